The largest absolute Gasteiger partial charge is 0.493 e. The number of nitrogens with zero attached hydrogens (tertiary/aromatic N) is 2. The van der Waals surface area contributed by atoms with Crippen LogP contribution in [0.3, 0.4) is 0 Å². The van der Waals surface area contributed by atoms with Crippen LogP contribution in [0.1, 0.15) is 87.1 Å². The van der Waals surface area contributed by atoms with E-state index in [9.17, 15) is 39.9 Å². The van der Waals surface area contributed by atoms with Crippen molar-refractivity contribution in [3.05, 3.63) is 34.2 Å². The van der Waals surface area contributed by atoms with Crippen LogP contribution in [-0.4, -0.2) is 199 Å². The minimum Gasteiger partial charge on any atom is -0.493 e. The van der Waals surface area contributed by atoms with Crippen LogP contribution < -0.4 is 15.1 Å². The third-order valence-electron chi connectivity index (χ3n) is 15.1. The van der Waals surface area contributed by atoms with Gasteiger partial charge in [-0.15, -0.1) is 11.8 Å². The fourth-order valence-corrected chi connectivity index (χ4v) is 11.5. The van der Waals surface area contributed by atoms with E-state index in [1.807, 2.05) is 37.7 Å². The zero-order valence-corrected chi connectivity index (χ0v) is 45.5. The molecule has 2 aromatic rings. The fraction of sp³-hybridized carbons (Fsp3) is 0.784. The van der Waals surface area contributed by atoms with Crippen LogP contribution in [0.15, 0.2) is 27.4 Å². The molecule has 0 bridgehead atoms. The van der Waals surface area contributed by atoms with E-state index in [0.717, 1.165) is 0 Å². The molecule has 0 unspecified atom stereocenters. The van der Waals surface area contributed by atoms with Crippen molar-refractivity contribution in [1.82, 2.24) is 9.80 Å². The van der Waals surface area contributed by atoms with Crippen LogP contribution in [0, 0.1) is 17.8 Å². The molecule has 3 saturated heterocycles. The fourth-order valence-electron chi connectivity index (χ4n) is 10.7. The summed E-state index contributed by atoms with van der Waals surface area (Å²) in [5, 5.41) is 58.6. The summed E-state index contributed by atoms with van der Waals surface area (Å²) < 4.78 is 60.9. The van der Waals surface area contributed by atoms with E-state index < -0.39 is 126 Å². The van der Waals surface area contributed by atoms with Gasteiger partial charge in [-0.2, -0.15) is 0 Å². The summed E-state index contributed by atoms with van der Waals surface area (Å²) in [4.78, 5) is 44.9. The highest BCUT2D eigenvalue weighted by Crippen LogP contribution is 2.41. The number of ether oxygens (including phenoxy) is 9. The number of aliphatic hydroxyl groups excluding tert-OH is 3. The van der Waals surface area contributed by atoms with Crippen molar-refractivity contribution >= 4 is 34.7 Å². The molecule has 72 heavy (non-hydrogen) atoms. The summed E-state index contributed by atoms with van der Waals surface area (Å²) in [5.41, 5.74) is -4.64. The van der Waals surface area contributed by atoms with E-state index in [1.54, 1.807) is 60.7 Å². The first kappa shape index (κ1) is 59.7. The van der Waals surface area contributed by atoms with E-state index in [2.05, 4.69) is 0 Å². The zero-order valence-electron chi connectivity index (χ0n) is 44.7. The molecule has 20 nitrogen and oxygen atoms in total. The molecule has 0 saturated carbocycles. The Hall–Kier alpha value is -3.16. The minimum absolute atomic E-state index is 0.0317. The van der Waals surface area contributed by atoms with Gasteiger partial charge in [0.25, 0.3) is 0 Å². The van der Waals surface area contributed by atoms with Crippen LogP contribution >= 0.6 is 11.8 Å². The number of esters is 2. The van der Waals surface area contributed by atoms with Crippen molar-refractivity contribution in [1.29, 1.82) is 0 Å². The Morgan fingerprint density at radius 3 is 2.17 bits per heavy atom. The maximum atomic E-state index is 14.5. The van der Waals surface area contributed by atoms with E-state index >= 15 is 0 Å². The number of thioether (sulfide) groups is 1. The third-order valence-corrected chi connectivity index (χ3v) is 16.0. The lowest BCUT2D eigenvalue weighted by Crippen LogP contribution is -2.61. The van der Waals surface area contributed by atoms with Crippen molar-refractivity contribution in [3.63, 3.8) is 0 Å². The first-order valence-corrected chi connectivity index (χ1v) is 25.9. The van der Waals surface area contributed by atoms with Gasteiger partial charge in [0.05, 0.1) is 74.2 Å². The maximum absolute atomic E-state index is 14.5. The molecule has 1 aromatic heterocycles. The Morgan fingerprint density at radius 1 is 0.903 bits per heavy atom. The van der Waals surface area contributed by atoms with Gasteiger partial charge in [-0.25, -0.2) is 4.79 Å². The van der Waals surface area contributed by atoms with Gasteiger partial charge in [0.2, 0.25) is 0 Å². The number of fused-ring (bicyclic) bond motifs is 1. The van der Waals surface area contributed by atoms with Crippen molar-refractivity contribution in [3.8, 4) is 11.5 Å². The average molecular weight is 1040 g/mol. The Morgan fingerprint density at radius 2 is 1.56 bits per heavy atom. The van der Waals surface area contributed by atoms with Crippen LogP contribution in [0.5, 0.6) is 11.5 Å². The van der Waals surface area contributed by atoms with Gasteiger partial charge in [-0.1, -0.05) is 13.8 Å². The molecule has 0 spiro atoms. The number of carbonyl (C=O) groups is 2. The SMILES string of the molecule is COc1cc2oc(=O)cc(CSCC(=O)O[C@H]3[C@H](O[C@@H]4[C@@H](C)[C@H](O[C@H]5C[C@@](C)(OC)[C@@H](O)[C@H](C)O5)[C@@H](C)C(=O)O[C@H](CO)[C@@](C)(O)[C@H](O)[C@@H](C)N(C)C[C@H](C)C[C@@]4(C)O)O[C@H](C)C[C@@H]3N(C)C)c2cc1OC. The number of hydrogen-bond donors (Lipinski definition) is 5. The Balaban J connectivity index is 1.54. The second kappa shape index (κ2) is 24.7. The lowest BCUT2D eigenvalue weighted by Gasteiger charge is -2.49. The smallest absolute Gasteiger partial charge is 0.336 e. The Labute approximate surface area is 427 Å². The quantitative estimate of drug-likeness (QED) is 0.135. The van der Waals surface area contributed by atoms with E-state index in [4.69, 9.17) is 47.0 Å². The van der Waals surface area contributed by atoms with Crippen LogP contribution in [0.2, 0.25) is 0 Å². The van der Waals surface area contributed by atoms with Crippen molar-refractivity contribution in [2.24, 2.45) is 17.8 Å². The molecule has 3 fully saturated rings. The predicted octanol–water partition coefficient (Wildman–Crippen LogP) is 3.09. The summed E-state index contributed by atoms with van der Waals surface area (Å²) in [7, 11) is 9.92. The number of rotatable bonds is 14. The monoisotopic (exact) mass is 1040 g/mol. The molecule has 0 aliphatic carbocycles. The van der Waals surface area contributed by atoms with E-state index in [0.29, 0.717) is 41.0 Å². The molecule has 5 rings (SSSR count). The lowest BCUT2D eigenvalue weighted by molar-refractivity contribution is -0.318. The lowest BCUT2D eigenvalue weighted by atomic mass is 9.77. The van der Waals surface area contributed by atoms with Crippen LogP contribution in [0.4, 0.5) is 0 Å². The summed E-state index contributed by atoms with van der Waals surface area (Å²) in [6, 6.07) is 3.50. The number of carbonyl (C=O) groups excluding carboxylic acids is 2. The maximum Gasteiger partial charge on any atom is 0.336 e. The molecule has 21 heteroatoms. The second-order valence-corrected chi connectivity index (χ2v) is 22.2. The minimum atomic E-state index is -2.11. The van der Waals surface area contributed by atoms with Gasteiger partial charge in [-0.05, 0) is 100.0 Å². The summed E-state index contributed by atoms with van der Waals surface area (Å²) in [6.45, 7) is 14.6. The standard InChI is InChI=1S/C51H82N2O18S/c1-26-20-49(7,60)46(28(3)42(70-41-21-50(8,64-15)45(58)31(6)66-41)29(4)47(59)68-38(23-54)51(9,61)44(57)30(5)53(12)22-26)71-48-43(34(52(10)11)16-27(2)65-48)69-40(56)25-72-24-32-17-39(55)67-35-19-37(63-14)36(62-13)18-33(32)35/h17-19,26-31,34,38,41-46,48,54,57-58,60-61H,16,20-25H2,1-15H3/t26-,27-,28+,29-,30-,31+,34+,38-,41+,42+,43-,44-,45+,46-,48+,49-,50-,51-/m1/s1. The molecule has 4 heterocycles. The first-order chi connectivity index (χ1) is 33.6. The molecule has 410 valence electrons. The highest BCUT2D eigenvalue weighted by atomic mass is 32.2. The topological polar surface area (TPSA) is 255 Å². The normalized spacial score (nSPS) is 39.0. The molecule has 18 atom stereocenters. The first-order valence-electron chi connectivity index (χ1n) is 24.7. The van der Waals surface area contributed by atoms with Gasteiger partial charge >= 0.3 is 17.6 Å². The second-order valence-electron chi connectivity index (χ2n) is 21.2. The van der Waals surface area contributed by atoms with Crippen LogP contribution in [0.25, 0.3) is 11.0 Å². The summed E-state index contributed by atoms with van der Waals surface area (Å²) in [5.74, 6) is -3.00. The molecule has 0 radical (unpaired) electrons. The molecular formula is C51H82N2O18S. The number of benzene rings is 1. The number of aliphatic hydroxyl groups is 5. The van der Waals surface area contributed by atoms with Crippen molar-refractivity contribution < 1.29 is 82.2 Å². The van der Waals surface area contributed by atoms with Crippen molar-refractivity contribution in [2.45, 2.75) is 178 Å². The zero-order chi connectivity index (χ0) is 53.8. The summed E-state index contributed by atoms with van der Waals surface area (Å²) in [6.07, 6.45) is -10.5. The van der Waals surface area contributed by atoms with Crippen LogP contribution in [-0.2, 0) is 48.5 Å². The summed E-state index contributed by atoms with van der Waals surface area (Å²) >= 11 is 1.23. The van der Waals surface area contributed by atoms with Gasteiger partial charge in [0.1, 0.15) is 23.4 Å². The molecule has 0 amide bonds. The molecule has 5 N–H and O–H groups in total. The Kier molecular flexibility index (Phi) is 20.5. The average Bonchev–Trinajstić information content (AvgIpc) is 3.31. The van der Waals surface area contributed by atoms with Gasteiger partial charge in [0, 0.05) is 55.3 Å². The number of hydrogen-bond acceptors (Lipinski definition) is 21. The molecule has 3 aliphatic rings. The number of likely N-dealkylation sites (N-methyl/N-ethyl adjacent to an activating group) is 2. The van der Waals surface area contributed by atoms with Gasteiger partial charge < -0.3 is 82.4 Å². The molecule has 3 aliphatic heterocycles. The molecule has 1 aromatic carbocycles. The third kappa shape index (κ3) is 13.6. The van der Waals surface area contributed by atoms with Gasteiger partial charge in [0.15, 0.2) is 36.3 Å². The number of cyclic esters (lactones) is 1. The van der Waals surface area contributed by atoms with E-state index in [1.165, 1.54) is 46.1 Å². The molecular weight excluding hydrogens is 961 g/mol. The Bertz CT molecular complexity index is 2180. The highest BCUT2D eigenvalue weighted by Gasteiger charge is 2.53. The highest BCUT2D eigenvalue weighted by molar-refractivity contribution is 7.99. The van der Waals surface area contributed by atoms with Crippen molar-refractivity contribution in [2.75, 3.05) is 61.4 Å². The predicted molar refractivity (Wildman–Crippen MR) is 267 cm³/mol. The van der Waals surface area contributed by atoms with E-state index in [-0.39, 0.29) is 30.3 Å². The van der Waals surface area contributed by atoms with Gasteiger partial charge in [-0.3, -0.25) is 9.59 Å². The number of methoxy groups -OCH3 is 3.